The first kappa shape index (κ1) is 17.1. The highest BCUT2D eigenvalue weighted by Gasteiger charge is 2.11. The number of halogens is 1. The fourth-order valence-corrected chi connectivity index (χ4v) is 2.00. The predicted molar refractivity (Wildman–Crippen MR) is 87.6 cm³/mol. The van der Waals surface area contributed by atoms with Gasteiger partial charge in [-0.15, -0.1) is 0 Å². The summed E-state index contributed by atoms with van der Waals surface area (Å²) < 4.78 is 15.5. The number of anilines is 1. The standard InChI is InChI=1S/C16H17ClN2O4/c1-21-7-8-23-15-9-11(5-6-18-15)16(20)19-13-10-12(17)3-4-14(13)22-2/h3-6,9-10H,7-8H2,1-2H3,(H,19,20). The van der Waals surface area contributed by atoms with Crippen molar-refractivity contribution >= 4 is 23.2 Å². The Bertz CT molecular complexity index is 679. The molecule has 1 amide bonds. The van der Waals surface area contributed by atoms with E-state index in [0.717, 1.165) is 0 Å². The van der Waals surface area contributed by atoms with Crippen molar-refractivity contribution in [2.75, 3.05) is 32.8 Å². The lowest BCUT2D eigenvalue weighted by Crippen LogP contribution is -2.13. The van der Waals surface area contributed by atoms with Crippen molar-refractivity contribution in [2.24, 2.45) is 0 Å². The average molecular weight is 337 g/mol. The van der Waals surface area contributed by atoms with Gasteiger partial charge < -0.3 is 19.5 Å². The second kappa shape index (κ2) is 8.36. The molecule has 1 aromatic carbocycles. The van der Waals surface area contributed by atoms with E-state index in [1.807, 2.05) is 0 Å². The van der Waals surface area contributed by atoms with E-state index in [9.17, 15) is 4.79 Å². The molecule has 0 aliphatic carbocycles. The van der Waals surface area contributed by atoms with E-state index >= 15 is 0 Å². The third kappa shape index (κ3) is 4.84. The summed E-state index contributed by atoms with van der Waals surface area (Å²) in [6, 6.07) is 8.14. The molecular weight excluding hydrogens is 320 g/mol. The average Bonchev–Trinajstić information content (AvgIpc) is 2.55. The van der Waals surface area contributed by atoms with Crippen molar-refractivity contribution in [3.8, 4) is 11.6 Å². The Kier molecular flexibility index (Phi) is 6.19. The van der Waals surface area contributed by atoms with Gasteiger partial charge in [0.2, 0.25) is 5.88 Å². The zero-order valence-electron chi connectivity index (χ0n) is 12.8. The Morgan fingerprint density at radius 2 is 2.04 bits per heavy atom. The van der Waals surface area contributed by atoms with Gasteiger partial charge in [0, 0.05) is 30.0 Å². The number of ether oxygens (including phenoxy) is 3. The van der Waals surface area contributed by atoms with Crippen molar-refractivity contribution in [3.05, 3.63) is 47.1 Å². The van der Waals surface area contributed by atoms with Gasteiger partial charge in [-0.3, -0.25) is 4.79 Å². The molecule has 2 aromatic rings. The van der Waals surface area contributed by atoms with Crippen LogP contribution in [0.1, 0.15) is 10.4 Å². The molecule has 0 spiro atoms. The summed E-state index contributed by atoms with van der Waals surface area (Å²) in [5.41, 5.74) is 0.901. The minimum Gasteiger partial charge on any atom is -0.495 e. The minimum atomic E-state index is -0.315. The molecule has 0 fully saturated rings. The number of carbonyl (C=O) groups excluding carboxylic acids is 1. The molecule has 1 heterocycles. The van der Waals surface area contributed by atoms with Crippen LogP contribution in [0, 0.1) is 0 Å². The van der Waals surface area contributed by atoms with Gasteiger partial charge in [-0.25, -0.2) is 4.98 Å². The molecule has 1 N–H and O–H groups in total. The smallest absolute Gasteiger partial charge is 0.256 e. The van der Waals surface area contributed by atoms with Crippen molar-refractivity contribution in [1.29, 1.82) is 0 Å². The number of carbonyl (C=O) groups is 1. The zero-order chi connectivity index (χ0) is 16.7. The van der Waals surface area contributed by atoms with Gasteiger partial charge in [-0.05, 0) is 24.3 Å². The van der Waals surface area contributed by atoms with Crippen molar-refractivity contribution in [3.63, 3.8) is 0 Å². The van der Waals surface area contributed by atoms with Crippen LogP contribution in [-0.4, -0.2) is 38.3 Å². The largest absolute Gasteiger partial charge is 0.495 e. The number of nitrogens with zero attached hydrogens (tertiary/aromatic N) is 1. The van der Waals surface area contributed by atoms with Gasteiger partial charge in [-0.2, -0.15) is 0 Å². The molecule has 0 radical (unpaired) electrons. The summed E-state index contributed by atoms with van der Waals surface area (Å²) in [5.74, 6) is 0.561. The molecule has 0 saturated heterocycles. The quantitative estimate of drug-likeness (QED) is 0.787. The van der Waals surface area contributed by atoms with Crippen LogP contribution in [-0.2, 0) is 4.74 Å². The summed E-state index contributed by atoms with van der Waals surface area (Å²) >= 11 is 5.95. The normalized spacial score (nSPS) is 10.2. The first-order chi connectivity index (χ1) is 11.1. The molecule has 6 nitrogen and oxygen atoms in total. The van der Waals surface area contributed by atoms with E-state index in [1.54, 1.807) is 37.4 Å². The van der Waals surface area contributed by atoms with Crippen LogP contribution in [0.4, 0.5) is 5.69 Å². The second-order valence-corrected chi connectivity index (χ2v) is 4.96. The Balaban J connectivity index is 2.11. The molecule has 0 bridgehead atoms. The maximum Gasteiger partial charge on any atom is 0.256 e. The Hall–Kier alpha value is -2.31. The molecular formula is C16H17ClN2O4. The van der Waals surface area contributed by atoms with Gasteiger partial charge in [-0.1, -0.05) is 11.6 Å². The molecule has 2 rings (SSSR count). The summed E-state index contributed by atoms with van der Waals surface area (Å²) in [7, 11) is 3.10. The van der Waals surface area contributed by atoms with Crippen molar-refractivity contribution in [1.82, 2.24) is 4.98 Å². The highest BCUT2D eigenvalue weighted by atomic mass is 35.5. The van der Waals surface area contributed by atoms with Crippen molar-refractivity contribution in [2.45, 2.75) is 0 Å². The van der Waals surface area contributed by atoms with E-state index in [4.69, 9.17) is 25.8 Å². The number of amides is 1. The van der Waals surface area contributed by atoms with Gasteiger partial charge in [0.25, 0.3) is 5.91 Å². The molecule has 0 aliphatic heterocycles. The fourth-order valence-electron chi connectivity index (χ4n) is 1.83. The van der Waals surface area contributed by atoms with Crippen LogP contribution in [0.15, 0.2) is 36.5 Å². The molecule has 122 valence electrons. The number of nitrogens with one attached hydrogen (secondary N) is 1. The Labute approximate surface area is 139 Å². The highest BCUT2D eigenvalue weighted by Crippen LogP contribution is 2.28. The minimum absolute atomic E-state index is 0.315. The van der Waals surface area contributed by atoms with Gasteiger partial charge >= 0.3 is 0 Å². The second-order valence-electron chi connectivity index (χ2n) is 4.52. The van der Waals surface area contributed by atoms with Crippen LogP contribution in [0.25, 0.3) is 0 Å². The number of pyridine rings is 1. The third-order valence-corrected chi connectivity index (χ3v) is 3.18. The molecule has 0 unspecified atom stereocenters. The van der Waals surface area contributed by atoms with Crippen LogP contribution < -0.4 is 14.8 Å². The van der Waals surface area contributed by atoms with E-state index in [2.05, 4.69) is 10.3 Å². The lowest BCUT2D eigenvalue weighted by molar-refractivity contribution is 0.102. The first-order valence-electron chi connectivity index (χ1n) is 6.86. The third-order valence-electron chi connectivity index (χ3n) is 2.94. The summed E-state index contributed by atoms with van der Waals surface area (Å²) in [4.78, 5) is 16.4. The van der Waals surface area contributed by atoms with Gasteiger partial charge in [0.1, 0.15) is 12.4 Å². The predicted octanol–water partition coefficient (Wildman–Crippen LogP) is 3.02. The summed E-state index contributed by atoms with van der Waals surface area (Å²) in [6.45, 7) is 0.800. The number of hydrogen-bond donors (Lipinski definition) is 1. The molecule has 0 saturated carbocycles. The van der Waals surface area contributed by atoms with E-state index in [1.165, 1.54) is 13.3 Å². The fraction of sp³-hybridized carbons (Fsp3) is 0.250. The van der Waals surface area contributed by atoms with E-state index in [0.29, 0.717) is 41.1 Å². The monoisotopic (exact) mass is 336 g/mol. The lowest BCUT2D eigenvalue weighted by atomic mass is 10.2. The Morgan fingerprint density at radius 3 is 2.78 bits per heavy atom. The maximum atomic E-state index is 12.4. The van der Waals surface area contributed by atoms with Crippen LogP contribution in [0.3, 0.4) is 0 Å². The molecule has 0 atom stereocenters. The maximum absolute atomic E-state index is 12.4. The van der Waals surface area contributed by atoms with Crippen molar-refractivity contribution < 1.29 is 19.0 Å². The summed E-state index contributed by atoms with van der Waals surface area (Å²) in [6.07, 6.45) is 1.51. The molecule has 0 aliphatic rings. The number of methoxy groups -OCH3 is 2. The molecule has 1 aromatic heterocycles. The van der Waals surface area contributed by atoms with Gasteiger partial charge in [0.05, 0.1) is 19.4 Å². The number of hydrogen-bond acceptors (Lipinski definition) is 5. The summed E-state index contributed by atoms with van der Waals surface area (Å²) in [5, 5.41) is 3.26. The van der Waals surface area contributed by atoms with Crippen LogP contribution >= 0.6 is 11.6 Å². The number of benzene rings is 1. The highest BCUT2D eigenvalue weighted by molar-refractivity contribution is 6.31. The van der Waals surface area contributed by atoms with Crippen LogP contribution in [0.2, 0.25) is 5.02 Å². The van der Waals surface area contributed by atoms with Gasteiger partial charge in [0.15, 0.2) is 0 Å². The lowest BCUT2D eigenvalue weighted by Gasteiger charge is -2.11. The SMILES string of the molecule is COCCOc1cc(C(=O)Nc2cc(Cl)ccc2OC)ccn1. The van der Waals surface area contributed by atoms with E-state index < -0.39 is 0 Å². The van der Waals surface area contributed by atoms with Crippen LogP contribution in [0.5, 0.6) is 11.6 Å². The first-order valence-corrected chi connectivity index (χ1v) is 7.24. The Morgan fingerprint density at radius 1 is 1.22 bits per heavy atom. The number of aromatic nitrogens is 1. The number of rotatable bonds is 7. The molecule has 7 heteroatoms. The molecule has 23 heavy (non-hydrogen) atoms. The van der Waals surface area contributed by atoms with E-state index in [-0.39, 0.29) is 5.91 Å². The topological polar surface area (TPSA) is 69.7 Å². The zero-order valence-corrected chi connectivity index (χ0v) is 13.6.